The zero-order chi connectivity index (χ0) is 16.4. The van der Waals surface area contributed by atoms with E-state index in [1.807, 2.05) is 32.0 Å². The first-order chi connectivity index (χ1) is 11.1. The van der Waals surface area contributed by atoms with E-state index < -0.39 is 5.76 Å². The smallest absolute Gasteiger partial charge is 0.408 e. The number of hydrogen-bond acceptors (Lipinski definition) is 4. The summed E-state index contributed by atoms with van der Waals surface area (Å²) in [5.41, 5.74) is 1.31. The van der Waals surface area contributed by atoms with Crippen LogP contribution in [-0.4, -0.2) is 29.2 Å². The molecule has 1 aromatic heterocycles. The zero-order valence-corrected chi connectivity index (χ0v) is 13.5. The Morgan fingerprint density at radius 1 is 1.39 bits per heavy atom. The summed E-state index contributed by atoms with van der Waals surface area (Å²) in [6.45, 7) is 5.06. The first-order valence-corrected chi connectivity index (χ1v) is 8.06. The van der Waals surface area contributed by atoms with Crippen LogP contribution in [-0.2, 0) is 16.1 Å². The quantitative estimate of drug-likeness (QED) is 0.914. The summed E-state index contributed by atoms with van der Waals surface area (Å²) in [4.78, 5) is 24.4. The van der Waals surface area contributed by atoms with Gasteiger partial charge < -0.3 is 14.5 Å². The molecule has 6 nitrogen and oxygen atoms in total. The van der Waals surface area contributed by atoms with E-state index in [1.54, 1.807) is 10.6 Å². The van der Waals surface area contributed by atoms with Gasteiger partial charge in [0.2, 0.25) is 5.91 Å². The summed E-state index contributed by atoms with van der Waals surface area (Å²) < 4.78 is 12.3. The van der Waals surface area contributed by atoms with Crippen LogP contribution in [0.15, 0.2) is 33.5 Å². The average Bonchev–Trinajstić information content (AvgIpc) is 3.15. The fourth-order valence-electron chi connectivity index (χ4n) is 2.87. The number of hydrogen-bond donors (Lipinski definition) is 1. The number of ether oxygens (including phenoxy) is 1. The van der Waals surface area contributed by atoms with Crippen LogP contribution in [0.25, 0.3) is 11.1 Å². The Labute approximate surface area is 134 Å². The van der Waals surface area contributed by atoms with Crippen LogP contribution in [0.1, 0.15) is 26.7 Å². The van der Waals surface area contributed by atoms with E-state index in [0.717, 1.165) is 18.4 Å². The van der Waals surface area contributed by atoms with Crippen LogP contribution in [0.2, 0.25) is 0 Å². The summed E-state index contributed by atoms with van der Waals surface area (Å²) in [6.07, 6.45) is 1.30. The Morgan fingerprint density at radius 2 is 2.17 bits per heavy atom. The van der Waals surface area contributed by atoms with Gasteiger partial charge in [0.15, 0.2) is 5.58 Å². The van der Waals surface area contributed by atoms with Gasteiger partial charge in [-0.25, -0.2) is 4.79 Å². The maximum atomic E-state index is 12.3. The lowest BCUT2D eigenvalue weighted by molar-refractivity contribution is -0.131. The van der Waals surface area contributed by atoms with Crippen molar-refractivity contribution >= 4 is 17.0 Å². The molecule has 0 spiro atoms. The van der Waals surface area contributed by atoms with Gasteiger partial charge in [-0.05, 0) is 30.9 Å². The van der Waals surface area contributed by atoms with Crippen LogP contribution in [0.5, 0.6) is 0 Å². The summed E-state index contributed by atoms with van der Waals surface area (Å²) in [5.74, 6) is -0.314. The van der Waals surface area contributed by atoms with E-state index in [4.69, 9.17) is 9.15 Å². The number of rotatable bonds is 5. The highest BCUT2D eigenvalue weighted by Crippen LogP contribution is 2.16. The Balaban J connectivity index is 1.80. The second-order valence-corrected chi connectivity index (χ2v) is 6.31. The summed E-state index contributed by atoms with van der Waals surface area (Å²) in [6, 6.07) is 7.14. The largest absolute Gasteiger partial charge is 0.420 e. The monoisotopic (exact) mass is 318 g/mol. The molecule has 1 fully saturated rings. The molecule has 23 heavy (non-hydrogen) atoms. The number of para-hydroxylation sites is 2. The number of oxazole rings is 1. The maximum absolute atomic E-state index is 12.3. The molecule has 1 aliphatic rings. The lowest BCUT2D eigenvalue weighted by Gasteiger charge is -2.24. The molecule has 1 unspecified atom stereocenters. The minimum atomic E-state index is -0.400. The van der Waals surface area contributed by atoms with Gasteiger partial charge in [0.05, 0.1) is 5.52 Å². The van der Waals surface area contributed by atoms with E-state index in [1.165, 1.54) is 0 Å². The minimum absolute atomic E-state index is 0.0953. The molecule has 1 N–H and O–H groups in total. The highest BCUT2D eigenvalue weighted by Gasteiger charge is 2.27. The van der Waals surface area contributed by atoms with E-state index in [9.17, 15) is 9.59 Å². The lowest BCUT2D eigenvalue weighted by atomic mass is 10.0. The average molecular weight is 318 g/mol. The maximum Gasteiger partial charge on any atom is 0.420 e. The van der Waals surface area contributed by atoms with Gasteiger partial charge in [-0.15, -0.1) is 0 Å². The Hall–Kier alpha value is -2.08. The van der Waals surface area contributed by atoms with Gasteiger partial charge in [-0.2, -0.15) is 0 Å². The number of benzene rings is 1. The number of fused-ring (bicyclic) bond motifs is 1. The first kappa shape index (κ1) is 15.8. The number of aromatic nitrogens is 1. The first-order valence-electron chi connectivity index (χ1n) is 8.06. The predicted molar refractivity (Wildman–Crippen MR) is 86.2 cm³/mol. The standard InChI is InChI=1S/C17H22N2O4/c1-11(2)12(18-16(20)15-8-5-9-22-15)10-19-13-6-3-4-7-14(13)23-17(19)21/h3-4,6-7,11-12,15H,5,8-10H2,1-2H3,(H,18,20)/t12-,15?/m1/s1. The fourth-order valence-corrected chi connectivity index (χ4v) is 2.87. The Kier molecular flexibility index (Phi) is 4.52. The lowest BCUT2D eigenvalue weighted by Crippen LogP contribution is -2.46. The van der Waals surface area contributed by atoms with E-state index in [0.29, 0.717) is 18.7 Å². The zero-order valence-electron chi connectivity index (χ0n) is 13.5. The Bertz CT molecular complexity index is 740. The van der Waals surface area contributed by atoms with Gasteiger partial charge in [-0.1, -0.05) is 26.0 Å². The number of nitrogens with zero attached hydrogens (tertiary/aromatic N) is 1. The van der Waals surface area contributed by atoms with Crippen molar-refractivity contribution in [1.29, 1.82) is 0 Å². The molecule has 1 amide bonds. The molecule has 2 atom stereocenters. The van der Waals surface area contributed by atoms with Crippen molar-refractivity contribution in [3.63, 3.8) is 0 Å². The van der Waals surface area contributed by atoms with Crippen LogP contribution in [0.3, 0.4) is 0 Å². The number of carbonyl (C=O) groups excluding carboxylic acids is 1. The third kappa shape index (κ3) is 3.32. The topological polar surface area (TPSA) is 73.5 Å². The van der Waals surface area contributed by atoms with Crippen molar-refractivity contribution in [3.8, 4) is 0 Å². The fraction of sp³-hybridized carbons (Fsp3) is 0.529. The van der Waals surface area contributed by atoms with Gasteiger partial charge in [-0.3, -0.25) is 9.36 Å². The van der Waals surface area contributed by atoms with Crippen molar-refractivity contribution < 1.29 is 13.9 Å². The second kappa shape index (κ2) is 6.58. The highest BCUT2D eigenvalue weighted by molar-refractivity contribution is 5.81. The summed E-state index contributed by atoms with van der Waals surface area (Å²) in [5, 5.41) is 3.02. The molecule has 1 aromatic carbocycles. The van der Waals surface area contributed by atoms with Crippen molar-refractivity contribution in [2.75, 3.05) is 6.61 Å². The van der Waals surface area contributed by atoms with Crippen molar-refractivity contribution in [1.82, 2.24) is 9.88 Å². The van der Waals surface area contributed by atoms with Gasteiger partial charge >= 0.3 is 5.76 Å². The number of nitrogens with one attached hydrogen (secondary N) is 1. The minimum Gasteiger partial charge on any atom is -0.408 e. The molecule has 6 heteroatoms. The molecule has 1 saturated heterocycles. The summed E-state index contributed by atoms with van der Waals surface area (Å²) in [7, 11) is 0. The van der Waals surface area contributed by atoms with Gasteiger partial charge in [0.25, 0.3) is 0 Å². The molecule has 0 bridgehead atoms. The molecule has 3 rings (SSSR count). The van der Waals surface area contributed by atoms with E-state index >= 15 is 0 Å². The molecule has 124 valence electrons. The van der Waals surface area contributed by atoms with E-state index in [2.05, 4.69) is 5.32 Å². The van der Waals surface area contributed by atoms with Crippen LogP contribution in [0, 0.1) is 5.92 Å². The number of amides is 1. The predicted octanol–water partition coefficient (Wildman–Crippen LogP) is 1.91. The second-order valence-electron chi connectivity index (χ2n) is 6.31. The molecule has 1 aliphatic heterocycles. The van der Waals surface area contributed by atoms with Gasteiger partial charge in [0, 0.05) is 19.2 Å². The van der Waals surface area contributed by atoms with E-state index in [-0.39, 0.29) is 24.0 Å². The van der Waals surface area contributed by atoms with Crippen LogP contribution in [0.4, 0.5) is 0 Å². The molecule has 0 saturated carbocycles. The van der Waals surface area contributed by atoms with Crippen molar-refractivity contribution in [3.05, 3.63) is 34.8 Å². The third-order valence-electron chi connectivity index (χ3n) is 4.31. The highest BCUT2D eigenvalue weighted by atomic mass is 16.5. The summed E-state index contributed by atoms with van der Waals surface area (Å²) >= 11 is 0. The van der Waals surface area contributed by atoms with Crippen LogP contribution >= 0.6 is 0 Å². The molecule has 2 aromatic rings. The molecular weight excluding hydrogens is 296 g/mol. The Morgan fingerprint density at radius 3 is 2.87 bits per heavy atom. The molecule has 0 aliphatic carbocycles. The molecule has 2 heterocycles. The van der Waals surface area contributed by atoms with Gasteiger partial charge in [0.1, 0.15) is 6.10 Å². The van der Waals surface area contributed by atoms with Crippen LogP contribution < -0.4 is 11.1 Å². The number of carbonyl (C=O) groups is 1. The normalized spacial score (nSPS) is 19.3. The van der Waals surface area contributed by atoms with Crippen molar-refractivity contribution in [2.45, 2.75) is 45.4 Å². The molecule has 0 radical (unpaired) electrons. The third-order valence-corrected chi connectivity index (χ3v) is 4.31. The molecular formula is C17H22N2O4. The SMILES string of the molecule is CC(C)[C@@H](Cn1c(=O)oc2ccccc21)NC(=O)C1CCCO1. The van der Waals surface area contributed by atoms with Crippen molar-refractivity contribution in [2.24, 2.45) is 5.92 Å².